The van der Waals surface area contributed by atoms with Crippen molar-refractivity contribution in [2.24, 2.45) is 4.36 Å². The van der Waals surface area contributed by atoms with E-state index in [0.29, 0.717) is 27.5 Å². The largest absolute Gasteiger partial charge is 0.494 e. The Labute approximate surface area is 198 Å². The van der Waals surface area contributed by atoms with Gasteiger partial charge in [0.15, 0.2) is 0 Å². The maximum Gasteiger partial charge on any atom is 0.338 e. The molecule has 2 aromatic carbocycles. The molecule has 0 bridgehead atoms. The summed E-state index contributed by atoms with van der Waals surface area (Å²) < 4.78 is 29.2. The van der Waals surface area contributed by atoms with E-state index in [-0.39, 0.29) is 6.10 Å². The van der Waals surface area contributed by atoms with Crippen molar-refractivity contribution in [3.8, 4) is 5.75 Å². The Morgan fingerprint density at radius 3 is 2.36 bits per heavy atom. The lowest BCUT2D eigenvalue weighted by Crippen LogP contribution is -2.12. The summed E-state index contributed by atoms with van der Waals surface area (Å²) in [4.78, 5) is 13.4. The van der Waals surface area contributed by atoms with Crippen molar-refractivity contribution in [3.05, 3.63) is 83.0 Å². The third-order valence-corrected chi connectivity index (χ3v) is 6.19. The van der Waals surface area contributed by atoms with E-state index in [4.69, 9.17) is 9.47 Å². The van der Waals surface area contributed by atoms with Crippen molar-refractivity contribution in [1.82, 2.24) is 0 Å². The Kier molecular flexibility index (Phi) is 9.23. The Bertz CT molecular complexity index is 1190. The highest BCUT2D eigenvalue weighted by Gasteiger charge is 2.16. The van der Waals surface area contributed by atoms with Crippen LogP contribution in [0.5, 0.6) is 5.75 Å². The fraction of sp³-hybridized carbons (Fsp3) is 0.296. The third kappa shape index (κ3) is 7.75. The molecular formula is C27H33NO4S. The zero-order chi connectivity index (χ0) is 24.6. The van der Waals surface area contributed by atoms with Crippen LogP contribution in [0.1, 0.15) is 38.8 Å². The van der Waals surface area contributed by atoms with Gasteiger partial charge in [-0.05, 0) is 76.6 Å². The number of benzene rings is 2. The zero-order valence-corrected chi connectivity index (χ0v) is 21.2. The summed E-state index contributed by atoms with van der Waals surface area (Å²) in [6.07, 6.45) is 8.46. The minimum absolute atomic E-state index is 0.263. The normalized spacial score (nSPS) is 13.5. The highest BCUT2D eigenvalue weighted by molar-refractivity contribution is 7.93. The van der Waals surface area contributed by atoms with Gasteiger partial charge in [0.2, 0.25) is 0 Å². The molecule has 5 nitrogen and oxygen atoms in total. The first-order valence-electron chi connectivity index (χ1n) is 10.7. The smallest absolute Gasteiger partial charge is 0.338 e. The molecule has 0 unspecified atom stereocenters. The summed E-state index contributed by atoms with van der Waals surface area (Å²) in [5, 5.41) is 0. The van der Waals surface area contributed by atoms with Gasteiger partial charge in [0, 0.05) is 16.7 Å². The van der Waals surface area contributed by atoms with Gasteiger partial charge in [-0.2, -0.15) is 4.36 Å². The number of hydrogen-bond donors (Lipinski definition) is 0. The summed E-state index contributed by atoms with van der Waals surface area (Å²) in [6.45, 7) is 9.49. The number of hydrogen-bond acceptors (Lipinski definition) is 5. The van der Waals surface area contributed by atoms with Crippen LogP contribution in [-0.2, 0) is 19.3 Å². The molecule has 176 valence electrons. The monoisotopic (exact) mass is 467 g/mol. The van der Waals surface area contributed by atoms with Gasteiger partial charge in [0.05, 0.1) is 28.5 Å². The molecule has 0 aliphatic heterocycles. The van der Waals surface area contributed by atoms with Crippen LogP contribution in [0.25, 0.3) is 6.08 Å². The van der Waals surface area contributed by atoms with Crippen LogP contribution >= 0.6 is 0 Å². The van der Waals surface area contributed by atoms with Gasteiger partial charge >= 0.3 is 5.97 Å². The predicted molar refractivity (Wildman–Crippen MR) is 136 cm³/mol. The Morgan fingerprint density at radius 1 is 1.12 bits per heavy atom. The molecule has 0 aliphatic carbocycles. The molecule has 0 amide bonds. The highest BCUT2D eigenvalue weighted by atomic mass is 32.2. The summed E-state index contributed by atoms with van der Waals surface area (Å²) in [5.41, 5.74) is 3.42. The van der Waals surface area contributed by atoms with Crippen LogP contribution in [0.3, 0.4) is 0 Å². The lowest BCUT2D eigenvalue weighted by atomic mass is 10.0. The van der Waals surface area contributed by atoms with Crippen LogP contribution in [0.15, 0.2) is 81.1 Å². The van der Waals surface area contributed by atoms with Crippen molar-refractivity contribution in [1.29, 1.82) is 0 Å². The molecule has 2 aromatic rings. The summed E-state index contributed by atoms with van der Waals surface area (Å²) in [7, 11) is -1.22. The zero-order valence-electron chi connectivity index (χ0n) is 20.4. The molecule has 33 heavy (non-hydrogen) atoms. The minimum Gasteiger partial charge on any atom is -0.494 e. The number of carbonyl (C=O) groups is 1. The molecule has 0 spiro atoms. The van der Waals surface area contributed by atoms with Gasteiger partial charge in [-0.25, -0.2) is 9.00 Å². The first kappa shape index (κ1) is 26.1. The second-order valence-electron chi connectivity index (χ2n) is 8.27. The molecule has 0 heterocycles. The summed E-state index contributed by atoms with van der Waals surface area (Å²) >= 11 is 0. The number of methoxy groups -OCH3 is 1. The lowest BCUT2D eigenvalue weighted by Gasteiger charge is -2.13. The number of nitrogens with zero attached hydrogens (tertiary/aromatic N) is 1. The second kappa shape index (κ2) is 11.7. The standard InChI is InChI=1S/C27H33NO4S/c1-19(2)12-11-13-22(27(29)32-20(3)4)18-23-16-21(5)17-25(31-6)26(23)28-33(7,30)24-14-9-8-10-15-24/h8-18,20H,1-7H3/b13-11+,22-18+/t33-/m1/s1. The molecule has 0 aliphatic rings. The molecule has 6 heteroatoms. The van der Waals surface area contributed by atoms with E-state index in [1.165, 1.54) is 0 Å². The van der Waals surface area contributed by atoms with Crippen LogP contribution < -0.4 is 4.74 Å². The maximum absolute atomic E-state index is 13.5. The quantitative estimate of drug-likeness (QED) is 0.248. The molecule has 0 radical (unpaired) electrons. The van der Waals surface area contributed by atoms with E-state index in [1.807, 2.05) is 57.2 Å². The molecule has 2 rings (SSSR count). The van der Waals surface area contributed by atoms with Gasteiger partial charge in [-0.1, -0.05) is 35.9 Å². The van der Waals surface area contributed by atoms with Gasteiger partial charge in [-0.15, -0.1) is 0 Å². The van der Waals surface area contributed by atoms with E-state index in [2.05, 4.69) is 4.36 Å². The van der Waals surface area contributed by atoms with Crippen molar-refractivity contribution < 1.29 is 18.5 Å². The Balaban J connectivity index is 2.76. The van der Waals surface area contributed by atoms with E-state index in [0.717, 1.165) is 11.1 Å². The average molecular weight is 468 g/mol. The van der Waals surface area contributed by atoms with Gasteiger partial charge in [0.1, 0.15) is 11.4 Å². The Hall–Kier alpha value is -3.12. The Morgan fingerprint density at radius 2 is 1.79 bits per heavy atom. The van der Waals surface area contributed by atoms with E-state index in [1.54, 1.807) is 57.6 Å². The topological polar surface area (TPSA) is 65.0 Å². The molecule has 0 N–H and O–H groups in total. The lowest BCUT2D eigenvalue weighted by molar-refractivity contribution is -0.142. The number of rotatable bonds is 8. The highest BCUT2D eigenvalue weighted by Crippen LogP contribution is 2.36. The number of carbonyl (C=O) groups excluding carboxylic acids is 1. The SMILES string of the molecule is COc1cc(C)cc(/C=C(\C=C\C=C(C)C)C(=O)OC(C)C)c1N=[S@](C)(=O)c1ccccc1. The predicted octanol–water partition coefficient (Wildman–Crippen LogP) is 6.65. The maximum atomic E-state index is 13.5. The first-order valence-corrected chi connectivity index (χ1v) is 12.7. The summed E-state index contributed by atoms with van der Waals surface area (Å²) in [6, 6.07) is 12.8. The number of ether oxygens (including phenoxy) is 2. The van der Waals surface area contributed by atoms with Crippen LogP contribution in [-0.4, -0.2) is 29.6 Å². The average Bonchev–Trinajstić information content (AvgIpc) is 2.74. The van der Waals surface area contributed by atoms with Gasteiger partial charge in [0.25, 0.3) is 0 Å². The van der Waals surface area contributed by atoms with Gasteiger partial charge in [-0.3, -0.25) is 0 Å². The van der Waals surface area contributed by atoms with E-state index < -0.39 is 15.7 Å². The van der Waals surface area contributed by atoms with Crippen molar-refractivity contribution in [2.75, 3.05) is 13.4 Å². The fourth-order valence-electron chi connectivity index (χ4n) is 3.00. The second-order valence-corrected chi connectivity index (χ2v) is 10.5. The van der Waals surface area contributed by atoms with Crippen molar-refractivity contribution in [2.45, 2.75) is 45.6 Å². The third-order valence-electron chi connectivity index (χ3n) is 4.51. The molecule has 0 aromatic heterocycles. The summed E-state index contributed by atoms with van der Waals surface area (Å²) in [5.74, 6) is 0.0340. The van der Waals surface area contributed by atoms with Crippen LogP contribution in [0.2, 0.25) is 0 Å². The van der Waals surface area contributed by atoms with E-state index in [9.17, 15) is 9.00 Å². The first-order chi connectivity index (χ1) is 15.5. The molecule has 0 fully saturated rings. The molecule has 1 atom stereocenters. The van der Waals surface area contributed by atoms with Crippen LogP contribution in [0.4, 0.5) is 5.69 Å². The van der Waals surface area contributed by atoms with E-state index >= 15 is 0 Å². The fourth-order valence-corrected chi connectivity index (χ4v) is 4.32. The van der Waals surface area contributed by atoms with Crippen molar-refractivity contribution in [3.63, 3.8) is 0 Å². The molecule has 0 saturated carbocycles. The number of aryl methyl sites for hydroxylation is 1. The van der Waals surface area contributed by atoms with Crippen molar-refractivity contribution >= 4 is 27.5 Å². The number of esters is 1. The molecular weight excluding hydrogens is 434 g/mol. The van der Waals surface area contributed by atoms with Crippen LogP contribution in [0, 0.1) is 6.92 Å². The van der Waals surface area contributed by atoms with Gasteiger partial charge < -0.3 is 9.47 Å². The number of allylic oxidation sites excluding steroid dienone is 3. The minimum atomic E-state index is -2.76. The molecule has 0 saturated heterocycles.